The van der Waals surface area contributed by atoms with Crippen molar-refractivity contribution in [2.75, 3.05) is 11.1 Å². The van der Waals surface area contributed by atoms with Crippen molar-refractivity contribution in [1.82, 2.24) is 14.8 Å². The molecule has 3 N–H and O–H groups in total. The fourth-order valence-electron chi connectivity index (χ4n) is 4.34. The van der Waals surface area contributed by atoms with Gasteiger partial charge >= 0.3 is 0 Å². The Labute approximate surface area is 229 Å². The summed E-state index contributed by atoms with van der Waals surface area (Å²) in [5, 5.41) is 13.1. The molecular weight excluding hydrogens is 530 g/mol. The van der Waals surface area contributed by atoms with E-state index in [2.05, 4.69) is 29.0 Å². The second-order valence-corrected chi connectivity index (χ2v) is 11.6. The molecule has 0 saturated heterocycles. The Hall–Kier alpha value is -2.82. The van der Waals surface area contributed by atoms with Crippen LogP contribution in [0.1, 0.15) is 58.6 Å². The summed E-state index contributed by atoms with van der Waals surface area (Å²) in [6, 6.07) is 5.58. The van der Waals surface area contributed by atoms with Crippen LogP contribution in [0.5, 0.6) is 5.75 Å². The molecule has 11 heteroatoms. The molecule has 1 aliphatic rings. The van der Waals surface area contributed by atoms with Crippen LogP contribution in [0.3, 0.4) is 0 Å². The van der Waals surface area contributed by atoms with Crippen LogP contribution in [-0.2, 0) is 24.2 Å². The molecule has 0 bridgehead atoms. The Morgan fingerprint density at radius 3 is 2.95 bits per heavy atom. The van der Waals surface area contributed by atoms with E-state index in [1.165, 1.54) is 23.1 Å². The molecule has 8 nitrogen and oxygen atoms in total. The van der Waals surface area contributed by atoms with E-state index >= 15 is 0 Å². The molecule has 0 saturated carbocycles. The van der Waals surface area contributed by atoms with Gasteiger partial charge in [0.15, 0.2) is 17.1 Å². The summed E-state index contributed by atoms with van der Waals surface area (Å²) in [5.41, 5.74) is 8.14. The Morgan fingerprint density at radius 1 is 1.43 bits per heavy atom. The van der Waals surface area contributed by atoms with Gasteiger partial charge in [0.05, 0.1) is 16.3 Å². The quantitative estimate of drug-likeness (QED) is 0.248. The number of rotatable bonds is 10. The molecule has 196 valence electrons. The fourth-order valence-corrected chi connectivity index (χ4v) is 6.69. The number of aryl methyl sites for hydroxylation is 1. The number of aromatic nitrogens is 3. The molecule has 2 heterocycles. The van der Waals surface area contributed by atoms with Gasteiger partial charge in [-0.2, -0.15) is 0 Å². The highest BCUT2D eigenvalue weighted by Crippen LogP contribution is 2.39. The summed E-state index contributed by atoms with van der Waals surface area (Å²) in [7, 11) is 0. The number of hydrogen-bond acceptors (Lipinski definition) is 7. The molecule has 0 aliphatic heterocycles. The lowest BCUT2D eigenvalue weighted by molar-refractivity contribution is -0.113. The van der Waals surface area contributed by atoms with Crippen molar-refractivity contribution < 1.29 is 14.3 Å². The molecule has 2 unspecified atom stereocenters. The van der Waals surface area contributed by atoms with E-state index in [1.807, 2.05) is 30.5 Å². The minimum atomic E-state index is -0.506. The van der Waals surface area contributed by atoms with E-state index < -0.39 is 12.0 Å². The number of nitrogens with zero attached hydrogens (tertiary/aromatic N) is 3. The molecule has 2 atom stereocenters. The summed E-state index contributed by atoms with van der Waals surface area (Å²) >= 11 is 9.00. The van der Waals surface area contributed by atoms with Gasteiger partial charge in [0, 0.05) is 11.4 Å². The summed E-state index contributed by atoms with van der Waals surface area (Å²) in [6.07, 6.45) is 4.00. The summed E-state index contributed by atoms with van der Waals surface area (Å²) in [6.45, 7) is 10.3. The SMILES string of the molecule is C=CCn1c(SCC(=O)Nc2sc3c(c2C(N)=O)CCC(C)C3)nnc1C(C)Oc1cc(C)ccc1Cl. The molecule has 2 aromatic heterocycles. The van der Waals surface area contributed by atoms with Crippen molar-refractivity contribution in [1.29, 1.82) is 0 Å². The lowest BCUT2D eigenvalue weighted by Gasteiger charge is -2.18. The predicted octanol–water partition coefficient (Wildman–Crippen LogP) is 5.58. The van der Waals surface area contributed by atoms with Gasteiger partial charge in [-0.1, -0.05) is 42.4 Å². The number of nitrogens with two attached hydrogens (primary N) is 1. The van der Waals surface area contributed by atoms with Crippen molar-refractivity contribution in [2.24, 2.45) is 11.7 Å². The number of thiophene rings is 1. The van der Waals surface area contributed by atoms with E-state index in [1.54, 1.807) is 12.1 Å². The molecule has 1 aromatic carbocycles. The standard InChI is InChI=1S/C26H30ClN5O3S2/c1-5-10-32-24(16(4)35-19-11-14(2)7-9-18(19)27)30-31-26(32)36-13-21(33)29-25-22(23(28)34)17-8-6-15(3)12-20(17)37-25/h5,7,9,11,15-16H,1,6,8,10,12-13H2,2-4H3,(H2,28,34)(H,29,33). The number of fused-ring (bicyclic) bond motifs is 1. The third kappa shape index (κ3) is 6.19. The Kier molecular flexibility index (Phi) is 8.61. The van der Waals surface area contributed by atoms with Gasteiger partial charge in [-0.25, -0.2) is 0 Å². The third-order valence-corrected chi connectivity index (χ3v) is 8.60. The minimum absolute atomic E-state index is 0.0887. The van der Waals surface area contributed by atoms with Crippen LogP contribution in [0.25, 0.3) is 0 Å². The largest absolute Gasteiger partial charge is 0.481 e. The number of hydrogen-bond donors (Lipinski definition) is 2. The first-order valence-corrected chi connectivity index (χ1v) is 14.2. The average Bonchev–Trinajstić information content (AvgIpc) is 3.40. The highest BCUT2D eigenvalue weighted by atomic mass is 35.5. The van der Waals surface area contributed by atoms with Crippen molar-refractivity contribution >= 4 is 51.5 Å². The van der Waals surface area contributed by atoms with Crippen LogP contribution >= 0.6 is 34.7 Å². The van der Waals surface area contributed by atoms with E-state index in [0.717, 1.165) is 35.3 Å². The molecule has 0 fully saturated rings. The molecule has 4 rings (SSSR count). The van der Waals surface area contributed by atoms with E-state index in [4.69, 9.17) is 22.1 Å². The number of amides is 2. The molecular formula is C26H30ClN5O3S2. The maximum atomic E-state index is 12.9. The highest BCUT2D eigenvalue weighted by Gasteiger charge is 2.27. The van der Waals surface area contributed by atoms with Crippen LogP contribution < -0.4 is 15.8 Å². The van der Waals surface area contributed by atoms with Crippen LogP contribution in [0, 0.1) is 12.8 Å². The van der Waals surface area contributed by atoms with Crippen LogP contribution in [0.2, 0.25) is 5.02 Å². The third-order valence-electron chi connectivity index (χ3n) is 6.15. The first kappa shape index (κ1) is 27.2. The molecule has 3 aromatic rings. The number of benzene rings is 1. The van der Waals surface area contributed by atoms with Gasteiger partial charge < -0.3 is 15.8 Å². The van der Waals surface area contributed by atoms with Gasteiger partial charge in [0.1, 0.15) is 10.8 Å². The first-order chi connectivity index (χ1) is 17.7. The van der Waals surface area contributed by atoms with Gasteiger partial charge in [-0.05, 0) is 62.3 Å². The Balaban J connectivity index is 1.46. The van der Waals surface area contributed by atoms with Crippen molar-refractivity contribution in [2.45, 2.75) is 57.8 Å². The van der Waals surface area contributed by atoms with Crippen molar-refractivity contribution in [3.05, 3.63) is 63.3 Å². The van der Waals surface area contributed by atoms with Gasteiger partial charge in [0.2, 0.25) is 5.91 Å². The number of allylic oxidation sites excluding steroid dienone is 1. The minimum Gasteiger partial charge on any atom is -0.481 e. The number of ether oxygens (including phenoxy) is 1. The Bertz CT molecular complexity index is 1340. The van der Waals surface area contributed by atoms with Gasteiger partial charge in [-0.3, -0.25) is 14.2 Å². The predicted molar refractivity (Wildman–Crippen MR) is 149 cm³/mol. The zero-order chi connectivity index (χ0) is 26.7. The first-order valence-electron chi connectivity index (χ1n) is 12.0. The molecule has 0 spiro atoms. The van der Waals surface area contributed by atoms with E-state index in [-0.39, 0.29) is 11.7 Å². The zero-order valence-electron chi connectivity index (χ0n) is 21.0. The average molecular weight is 560 g/mol. The lowest BCUT2D eigenvalue weighted by atomic mass is 9.88. The Morgan fingerprint density at radius 2 is 2.22 bits per heavy atom. The maximum absolute atomic E-state index is 12.9. The summed E-state index contributed by atoms with van der Waals surface area (Å²) in [4.78, 5) is 26.2. The van der Waals surface area contributed by atoms with Crippen molar-refractivity contribution in [3.63, 3.8) is 0 Å². The molecule has 0 radical (unpaired) electrons. The second-order valence-electron chi connectivity index (χ2n) is 9.19. The number of carbonyl (C=O) groups is 2. The zero-order valence-corrected chi connectivity index (χ0v) is 23.4. The van der Waals surface area contributed by atoms with E-state index in [0.29, 0.717) is 44.8 Å². The fraction of sp³-hybridized carbons (Fsp3) is 0.385. The van der Waals surface area contributed by atoms with Gasteiger partial charge in [0.25, 0.3) is 5.91 Å². The topological polar surface area (TPSA) is 112 Å². The number of nitrogens with one attached hydrogen (secondary N) is 1. The molecule has 1 aliphatic carbocycles. The second kappa shape index (κ2) is 11.7. The highest BCUT2D eigenvalue weighted by molar-refractivity contribution is 7.99. The maximum Gasteiger partial charge on any atom is 0.251 e. The normalized spacial score (nSPS) is 15.6. The van der Waals surface area contributed by atoms with Gasteiger partial charge in [-0.15, -0.1) is 28.1 Å². The van der Waals surface area contributed by atoms with E-state index in [9.17, 15) is 9.59 Å². The number of anilines is 1. The number of thioether (sulfide) groups is 1. The monoisotopic (exact) mass is 559 g/mol. The van der Waals surface area contributed by atoms with Crippen molar-refractivity contribution in [3.8, 4) is 5.75 Å². The number of halogens is 1. The van der Waals surface area contributed by atoms with Crippen LogP contribution in [0.15, 0.2) is 36.0 Å². The lowest BCUT2D eigenvalue weighted by Crippen LogP contribution is -2.20. The number of primary amides is 1. The number of carbonyl (C=O) groups excluding carboxylic acids is 2. The smallest absolute Gasteiger partial charge is 0.251 e. The molecule has 37 heavy (non-hydrogen) atoms. The summed E-state index contributed by atoms with van der Waals surface area (Å²) in [5.74, 6) is 1.04. The van der Waals surface area contributed by atoms with Crippen LogP contribution in [0.4, 0.5) is 5.00 Å². The molecule has 2 amide bonds. The van der Waals surface area contributed by atoms with Crippen LogP contribution in [-0.4, -0.2) is 32.3 Å². The summed E-state index contributed by atoms with van der Waals surface area (Å²) < 4.78 is 7.94.